The molecule has 0 spiro atoms. The van der Waals surface area contributed by atoms with E-state index in [1.165, 1.54) is 25.7 Å². The summed E-state index contributed by atoms with van der Waals surface area (Å²) in [7, 11) is 0. The summed E-state index contributed by atoms with van der Waals surface area (Å²) in [6.45, 7) is 1.86. The number of likely N-dealkylation sites (tertiary alicyclic amines) is 1. The van der Waals surface area contributed by atoms with E-state index in [0.717, 1.165) is 43.0 Å². The van der Waals surface area contributed by atoms with Crippen LogP contribution in [0.25, 0.3) is 0 Å². The Kier molecular flexibility index (Phi) is 3.55. The molecule has 0 aromatic rings. The van der Waals surface area contributed by atoms with Crippen LogP contribution in [-0.2, 0) is 4.79 Å². The molecule has 0 radical (unpaired) electrons. The predicted octanol–water partition coefficient (Wildman–Crippen LogP) is 2.47. The molecule has 18 heavy (non-hydrogen) atoms. The number of hydrogen-bond donors (Lipinski definition) is 1. The van der Waals surface area contributed by atoms with Crippen LogP contribution in [-0.4, -0.2) is 29.1 Å². The van der Waals surface area contributed by atoms with Crippen LogP contribution in [0, 0.1) is 5.92 Å². The highest BCUT2D eigenvalue weighted by Gasteiger charge is 2.40. The Bertz CT molecular complexity index is 374. The quantitative estimate of drug-likeness (QED) is 0.793. The van der Waals surface area contributed by atoms with Gasteiger partial charge in [-0.2, -0.15) is 0 Å². The minimum absolute atomic E-state index is 0.245. The van der Waals surface area contributed by atoms with Gasteiger partial charge in [-0.3, -0.25) is 4.79 Å². The average Bonchev–Trinajstić information content (AvgIpc) is 2.75. The Balaban J connectivity index is 1.77. The van der Waals surface area contributed by atoms with Gasteiger partial charge in [-0.1, -0.05) is 12.8 Å². The van der Waals surface area contributed by atoms with Crippen molar-refractivity contribution in [2.45, 2.75) is 50.2 Å². The third-order valence-electron chi connectivity index (χ3n) is 4.49. The Morgan fingerprint density at radius 1 is 1.11 bits per heavy atom. The van der Waals surface area contributed by atoms with E-state index in [-0.39, 0.29) is 5.91 Å². The third kappa shape index (κ3) is 2.15. The van der Waals surface area contributed by atoms with Crippen molar-refractivity contribution in [3.8, 4) is 0 Å². The van der Waals surface area contributed by atoms with Crippen molar-refractivity contribution in [1.29, 1.82) is 0 Å². The second-order valence-electron chi connectivity index (χ2n) is 5.68. The smallest absolute Gasteiger partial charge is 0.252 e. The van der Waals surface area contributed by atoms with Crippen LogP contribution in [0.5, 0.6) is 0 Å². The number of amides is 1. The van der Waals surface area contributed by atoms with Gasteiger partial charge < -0.3 is 10.6 Å². The molecule has 1 saturated heterocycles. The van der Waals surface area contributed by atoms with E-state index in [1.54, 1.807) is 11.8 Å². The molecule has 1 aliphatic carbocycles. The van der Waals surface area contributed by atoms with E-state index in [9.17, 15) is 4.79 Å². The molecule has 4 heteroatoms. The van der Waals surface area contributed by atoms with Crippen molar-refractivity contribution in [3.63, 3.8) is 0 Å². The van der Waals surface area contributed by atoms with Gasteiger partial charge in [0.2, 0.25) is 0 Å². The molecule has 2 aliphatic heterocycles. The molecule has 3 nitrogen and oxygen atoms in total. The fourth-order valence-electron chi connectivity index (χ4n) is 3.51. The summed E-state index contributed by atoms with van der Waals surface area (Å²) in [5.74, 6) is 0.687. The molecule has 0 aromatic carbocycles. The van der Waals surface area contributed by atoms with Crippen molar-refractivity contribution >= 4 is 17.7 Å². The summed E-state index contributed by atoms with van der Waals surface area (Å²) in [6, 6.07) is 0. The van der Waals surface area contributed by atoms with Gasteiger partial charge in [-0.05, 0) is 32.1 Å². The van der Waals surface area contributed by atoms with Gasteiger partial charge in [0.15, 0.2) is 0 Å². The lowest BCUT2D eigenvalue weighted by atomic mass is 9.83. The maximum Gasteiger partial charge on any atom is 0.252 e. The number of hydrogen-bond acceptors (Lipinski definition) is 3. The van der Waals surface area contributed by atoms with Crippen molar-refractivity contribution < 1.29 is 4.79 Å². The van der Waals surface area contributed by atoms with E-state index < -0.39 is 0 Å². The molecular weight excluding hydrogens is 244 g/mol. The number of piperidine rings is 1. The molecule has 2 unspecified atom stereocenters. The fourth-order valence-corrected chi connectivity index (χ4v) is 4.92. The Labute approximate surface area is 113 Å². The van der Waals surface area contributed by atoms with Crippen molar-refractivity contribution in [3.05, 3.63) is 10.6 Å². The van der Waals surface area contributed by atoms with Gasteiger partial charge in [0.25, 0.3) is 5.91 Å². The Morgan fingerprint density at radius 2 is 1.83 bits per heavy atom. The first-order valence-corrected chi connectivity index (χ1v) is 8.11. The van der Waals surface area contributed by atoms with Crippen molar-refractivity contribution in [2.75, 3.05) is 13.1 Å². The van der Waals surface area contributed by atoms with Crippen LogP contribution < -0.4 is 5.73 Å². The lowest BCUT2D eigenvalue weighted by molar-refractivity contribution is -0.128. The minimum Gasteiger partial charge on any atom is -0.393 e. The maximum absolute atomic E-state index is 12.6. The van der Waals surface area contributed by atoms with Crippen LogP contribution in [0.15, 0.2) is 10.6 Å². The molecule has 2 fully saturated rings. The standard InChI is InChI=1S/C14H22N2OS/c15-13-12(10-6-2-3-7-11(10)18-13)14(17)16-8-4-1-5-9-16/h10-11H,1-9,15H2. The molecule has 100 valence electrons. The summed E-state index contributed by atoms with van der Waals surface area (Å²) in [4.78, 5) is 14.7. The lowest BCUT2D eigenvalue weighted by Gasteiger charge is -2.31. The van der Waals surface area contributed by atoms with Crippen LogP contribution in [0.3, 0.4) is 0 Å². The van der Waals surface area contributed by atoms with Crippen LogP contribution in [0.1, 0.15) is 44.9 Å². The van der Waals surface area contributed by atoms with Crippen molar-refractivity contribution in [2.24, 2.45) is 11.7 Å². The van der Waals surface area contributed by atoms with Crippen LogP contribution in [0.2, 0.25) is 0 Å². The first-order valence-electron chi connectivity index (χ1n) is 7.23. The molecule has 2 heterocycles. The minimum atomic E-state index is 0.245. The first-order chi connectivity index (χ1) is 8.77. The molecular formula is C14H22N2OS. The number of nitrogens with two attached hydrogens (primary N) is 1. The fraction of sp³-hybridized carbons (Fsp3) is 0.786. The average molecular weight is 266 g/mol. The number of thioether (sulfide) groups is 1. The molecule has 3 aliphatic rings. The first kappa shape index (κ1) is 12.4. The molecule has 3 rings (SSSR count). The largest absolute Gasteiger partial charge is 0.393 e. The van der Waals surface area contributed by atoms with E-state index in [4.69, 9.17) is 5.73 Å². The highest BCUT2D eigenvalue weighted by molar-refractivity contribution is 8.03. The highest BCUT2D eigenvalue weighted by atomic mass is 32.2. The number of rotatable bonds is 1. The van der Waals surface area contributed by atoms with Gasteiger partial charge in [0.1, 0.15) is 0 Å². The zero-order valence-electron chi connectivity index (χ0n) is 10.9. The number of fused-ring (bicyclic) bond motifs is 1. The highest BCUT2D eigenvalue weighted by Crippen LogP contribution is 2.47. The van der Waals surface area contributed by atoms with Gasteiger partial charge in [0, 0.05) is 24.3 Å². The van der Waals surface area contributed by atoms with Crippen molar-refractivity contribution in [1.82, 2.24) is 4.90 Å². The molecule has 1 amide bonds. The van der Waals surface area contributed by atoms with Crippen LogP contribution in [0.4, 0.5) is 0 Å². The zero-order chi connectivity index (χ0) is 12.5. The molecule has 0 aromatic heterocycles. The SMILES string of the molecule is NC1=C(C(=O)N2CCCCC2)C2CCCCC2S1. The van der Waals surface area contributed by atoms with Gasteiger partial charge in [0.05, 0.1) is 10.6 Å². The van der Waals surface area contributed by atoms with Gasteiger partial charge >= 0.3 is 0 Å². The topological polar surface area (TPSA) is 46.3 Å². The van der Waals surface area contributed by atoms with Gasteiger partial charge in [-0.25, -0.2) is 0 Å². The second kappa shape index (κ2) is 5.16. The van der Waals surface area contributed by atoms with Crippen LogP contribution >= 0.6 is 11.8 Å². The summed E-state index contributed by atoms with van der Waals surface area (Å²) >= 11 is 1.76. The monoisotopic (exact) mass is 266 g/mol. The zero-order valence-corrected chi connectivity index (χ0v) is 11.7. The van der Waals surface area contributed by atoms with Gasteiger partial charge in [-0.15, -0.1) is 11.8 Å². The Morgan fingerprint density at radius 3 is 2.61 bits per heavy atom. The summed E-state index contributed by atoms with van der Waals surface area (Å²) in [5.41, 5.74) is 7.11. The summed E-state index contributed by atoms with van der Waals surface area (Å²) in [6.07, 6.45) is 8.51. The molecule has 2 N–H and O–H groups in total. The summed E-state index contributed by atoms with van der Waals surface area (Å²) in [5, 5.41) is 1.41. The molecule has 0 bridgehead atoms. The maximum atomic E-state index is 12.6. The second-order valence-corrected chi connectivity index (χ2v) is 6.96. The summed E-state index contributed by atoms with van der Waals surface area (Å²) < 4.78 is 0. The van der Waals surface area contributed by atoms with E-state index in [2.05, 4.69) is 0 Å². The predicted molar refractivity (Wildman–Crippen MR) is 75.0 cm³/mol. The van der Waals surface area contributed by atoms with E-state index in [0.29, 0.717) is 11.2 Å². The van der Waals surface area contributed by atoms with E-state index >= 15 is 0 Å². The number of nitrogens with zero attached hydrogens (tertiary/aromatic N) is 1. The normalized spacial score (nSPS) is 32.6. The molecule has 1 saturated carbocycles. The van der Waals surface area contributed by atoms with E-state index in [1.807, 2.05) is 4.90 Å². The number of carbonyl (C=O) groups excluding carboxylic acids is 1. The number of carbonyl (C=O) groups is 1. The Hall–Kier alpha value is -0.640. The third-order valence-corrected chi connectivity index (χ3v) is 5.83. The molecule has 2 atom stereocenters. The lowest BCUT2D eigenvalue weighted by Crippen LogP contribution is -2.39.